The number of aromatic nitrogens is 2. The van der Waals surface area contributed by atoms with Gasteiger partial charge in [-0.1, -0.05) is 6.92 Å². The summed E-state index contributed by atoms with van der Waals surface area (Å²) in [7, 11) is 0. The van der Waals surface area contributed by atoms with Gasteiger partial charge in [0.25, 0.3) is 0 Å². The Labute approximate surface area is 77.2 Å². The largest absolute Gasteiger partial charge is 0.368 e. The molecule has 0 aromatic carbocycles. The first kappa shape index (κ1) is 9.26. The van der Waals surface area contributed by atoms with Crippen molar-refractivity contribution in [3.05, 3.63) is 18.6 Å². The first-order valence-electron chi connectivity index (χ1n) is 3.97. The van der Waals surface area contributed by atoms with E-state index in [1.54, 1.807) is 6.20 Å². The SMILES string of the molecule is CCC(Cl)CNc1ccncn1. The minimum absolute atomic E-state index is 0.167. The molecule has 1 unspecified atom stereocenters. The van der Waals surface area contributed by atoms with Crippen molar-refractivity contribution < 1.29 is 0 Å². The molecule has 66 valence electrons. The number of rotatable bonds is 4. The zero-order valence-corrected chi connectivity index (χ0v) is 7.75. The standard InChI is InChI=1S/C8H12ClN3/c1-2-7(9)5-11-8-3-4-10-6-12-8/h3-4,6-7H,2,5H2,1H3,(H,10,11,12). The molecule has 0 radical (unpaired) electrons. The average Bonchev–Trinajstić information content (AvgIpc) is 2.16. The highest BCUT2D eigenvalue weighted by molar-refractivity contribution is 6.20. The Bertz CT molecular complexity index is 215. The van der Waals surface area contributed by atoms with Crippen LogP contribution in [0.3, 0.4) is 0 Å². The molecule has 1 heterocycles. The first-order valence-corrected chi connectivity index (χ1v) is 4.40. The molecule has 0 spiro atoms. The minimum Gasteiger partial charge on any atom is -0.368 e. The topological polar surface area (TPSA) is 37.8 Å². The van der Waals surface area contributed by atoms with Crippen LogP contribution < -0.4 is 5.32 Å². The van der Waals surface area contributed by atoms with Crippen molar-refractivity contribution in [2.24, 2.45) is 0 Å². The summed E-state index contributed by atoms with van der Waals surface area (Å²) in [4.78, 5) is 7.81. The van der Waals surface area contributed by atoms with Gasteiger partial charge in [0, 0.05) is 12.7 Å². The van der Waals surface area contributed by atoms with Crippen molar-refractivity contribution in [2.45, 2.75) is 18.7 Å². The van der Waals surface area contributed by atoms with E-state index in [-0.39, 0.29) is 5.38 Å². The molecule has 1 aromatic rings. The van der Waals surface area contributed by atoms with Gasteiger partial charge >= 0.3 is 0 Å². The molecule has 4 heteroatoms. The summed E-state index contributed by atoms with van der Waals surface area (Å²) in [6.45, 7) is 2.80. The van der Waals surface area contributed by atoms with Crippen LogP contribution in [0, 0.1) is 0 Å². The number of hydrogen-bond donors (Lipinski definition) is 1. The summed E-state index contributed by atoms with van der Waals surface area (Å²) in [6.07, 6.45) is 4.17. The van der Waals surface area contributed by atoms with Crippen molar-refractivity contribution >= 4 is 17.4 Å². The molecule has 1 atom stereocenters. The fourth-order valence-electron chi connectivity index (χ4n) is 0.755. The maximum Gasteiger partial charge on any atom is 0.129 e. The first-order chi connectivity index (χ1) is 5.83. The molecule has 0 aliphatic heterocycles. The maximum atomic E-state index is 5.91. The fourth-order valence-corrected chi connectivity index (χ4v) is 0.832. The van der Waals surface area contributed by atoms with E-state index in [4.69, 9.17) is 11.6 Å². The summed E-state index contributed by atoms with van der Waals surface area (Å²) >= 11 is 5.91. The van der Waals surface area contributed by atoms with Crippen LogP contribution in [0.15, 0.2) is 18.6 Å². The van der Waals surface area contributed by atoms with Crippen LogP contribution in [-0.2, 0) is 0 Å². The Morgan fingerprint density at radius 2 is 2.50 bits per heavy atom. The molecule has 1 N–H and O–H groups in total. The van der Waals surface area contributed by atoms with Crippen LogP contribution in [-0.4, -0.2) is 21.9 Å². The molecule has 1 aromatic heterocycles. The summed E-state index contributed by atoms with van der Waals surface area (Å²) < 4.78 is 0. The van der Waals surface area contributed by atoms with Crippen LogP contribution in [0.2, 0.25) is 0 Å². The van der Waals surface area contributed by atoms with Crippen molar-refractivity contribution in [3.63, 3.8) is 0 Å². The van der Waals surface area contributed by atoms with Crippen LogP contribution in [0.25, 0.3) is 0 Å². The fraction of sp³-hybridized carbons (Fsp3) is 0.500. The molecule has 0 aliphatic carbocycles. The number of nitrogens with one attached hydrogen (secondary N) is 1. The summed E-state index contributed by atoms with van der Waals surface area (Å²) in [5, 5.41) is 3.28. The van der Waals surface area contributed by atoms with Crippen LogP contribution in [0.4, 0.5) is 5.82 Å². The van der Waals surface area contributed by atoms with E-state index in [9.17, 15) is 0 Å². The lowest BCUT2D eigenvalue weighted by Crippen LogP contribution is -2.13. The normalized spacial score (nSPS) is 12.5. The Kier molecular flexibility index (Phi) is 3.80. The minimum atomic E-state index is 0.167. The van der Waals surface area contributed by atoms with Gasteiger partial charge in [-0.05, 0) is 12.5 Å². The van der Waals surface area contributed by atoms with Crippen molar-refractivity contribution in [1.29, 1.82) is 0 Å². The van der Waals surface area contributed by atoms with E-state index in [0.717, 1.165) is 18.8 Å². The molecule has 0 fully saturated rings. The monoisotopic (exact) mass is 185 g/mol. The Morgan fingerprint density at radius 3 is 3.08 bits per heavy atom. The molecule has 0 bridgehead atoms. The zero-order valence-electron chi connectivity index (χ0n) is 7.00. The molecular weight excluding hydrogens is 174 g/mol. The second-order valence-corrected chi connectivity index (χ2v) is 3.10. The van der Waals surface area contributed by atoms with Gasteiger partial charge in [-0.15, -0.1) is 11.6 Å². The third-order valence-corrected chi connectivity index (χ3v) is 1.99. The molecule has 1 rings (SSSR count). The van der Waals surface area contributed by atoms with E-state index in [2.05, 4.69) is 22.2 Å². The number of hydrogen-bond acceptors (Lipinski definition) is 3. The van der Waals surface area contributed by atoms with Gasteiger partial charge in [-0.25, -0.2) is 9.97 Å². The molecule has 0 saturated carbocycles. The molecule has 12 heavy (non-hydrogen) atoms. The Morgan fingerprint density at radius 1 is 1.67 bits per heavy atom. The van der Waals surface area contributed by atoms with E-state index in [1.165, 1.54) is 6.33 Å². The highest BCUT2D eigenvalue weighted by atomic mass is 35.5. The van der Waals surface area contributed by atoms with E-state index in [1.807, 2.05) is 6.07 Å². The average molecular weight is 186 g/mol. The number of halogens is 1. The Hall–Kier alpha value is -0.830. The van der Waals surface area contributed by atoms with Gasteiger partial charge in [0.05, 0.1) is 5.38 Å². The molecular formula is C8H12ClN3. The predicted octanol–water partition coefficient (Wildman–Crippen LogP) is 1.91. The van der Waals surface area contributed by atoms with Gasteiger partial charge in [0.2, 0.25) is 0 Å². The lowest BCUT2D eigenvalue weighted by Gasteiger charge is -2.07. The lowest BCUT2D eigenvalue weighted by molar-refractivity contribution is 0.840. The van der Waals surface area contributed by atoms with Gasteiger partial charge in [-0.2, -0.15) is 0 Å². The smallest absolute Gasteiger partial charge is 0.129 e. The maximum absolute atomic E-state index is 5.91. The van der Waals surface area contributed by atoms with E-state index in [0.29, 0.717) is 0 Å². The molecule has 0 saturated heterocycles. The zero-order chi connectivity index (χ0) is 8.81. The summed E-state index contributed by atoms with van der Waals surface area (Å²) in [5.41, 5.74) is 0. The second kappa shape index (κ2) is 4.93. The molecule has 3 nitrogen and oxygen atoms in total. The van der Waals surface area contributed by atoms with Crippen molar-refractivity contribution in [3.8, 4) is 0 Å². The number of anilines is 1. The van der Waals surface area contributed by atoms with Crippen LogP contribution in [0.5, 0.6) is 0 Å². The Balaban J connectivity index is 2.33. The third-order valence-electron chi connectivity index (χ3n) is 1.53. The van der Waals surface area contributed by atoms with Gasteiger partial charge < -0.3 is 5.32 Å². The van der Waals surface area contributed by atoms with Crippen LogP contribution in [0.1, 0.15) is 13.3 Å². The number of nitrogens with zero attached hydrogens (tertiary/aromatic N) is 2. The third kappa shape index (κ3) is 3.05. The predicted molar refractivity (Wildman–Crippen MR) is 50.5 cm³/mol. The van der Waals surface area contributed by atoms with E-state index >= 15 is 0 Å². The number of alkyl halides is 1. The van der Waals surface area contributed by atoms with E-state index < -0.39 is 0 Å². The quantitative estimate of drug-likeness (QED) is 0.729. The molecule has 0 aliphatic rings. The van der Waals surface area contributed by atoms with Gasteiger partial charge in [0.15, 0.2) is 0 Å². The lowest BCUT2D eigenvalue weighted by atomic mass is 10.3. The van der Waals surface area contributed by atoms with Gasteiger partial charge in [0.1, 0.15) is 12.1 Å². The van der Waals surface area contributed by atoms with Crippen molar-refractivity contribution in [2.75, 3.05) is 11.9 Å². The molecule has 0 amide bonds. The summed E-state index contributed by atoms with van der Waals surface area (Å²) in [5.74, 6) is 0.823. The van der Waals surface area contributed by atoms with Crippen molar-refractivity contribution in [1.82, 2.24) is 9.97 Å². The summed E-state index contributed by atoms with van der Waals surface area (Å²) in [6, 6.07) is 1.82. The highest BCUT2D eigenvalue weighted by Gasteiger charge is 1.99. The van der Waals surface area contributed by atoms with Crippen LogP contribution >= 0.6 is 11.6 Å². The second-order valence-electron chi connectivity index (χ2n) is 2.48. The highest BCUT2D eigenvalue weighted by Crippen LogP contribution is 2.03. The van der Waals surface area contributed by atoms with Gasteiger partial charge in [-0.3, -0.25) is 0 Å².